The average Bonchev–Trinajstić information content (AvgIpc) is 2.34. The molecule has 19 heavy (non-hydrogen) atoms. The molecule has 1 N–H and O–H groups in total. The molecule has 104 valence electrons. The predicted octanol–water partition coefficient (Wildman–Crippen LogP) is 1.56. The average molecular weight is 265 g/mol. The molecule has 1 amide bonds. The maximum Gasteiger partial charge on any atom is 0.307 e. The Kier molecular flexibility index (Phi) is 5.36. The number of carbonyl (C=O) groups excluding carboxylic acids is 1. The summed E-state index contributed by atoms with van der Waals surface area (Å²) in [6.45, 7) is 3.79. The fourth-order valence-corrected chi connectivity index (χ4v) is 1.45. The van der Waals surface area contributed by atoms with E-state index in [2.05, 4.69) is 0 Å². The molecule has 0 atom stereocenters. The minimum atomic E-state index is -0.896. The van der Waals surface area contributed by atoms with Crippen LogP contribution in [0.15, 0.2) is 24.3 Å². The highest BCUT2D eigenvalue weighted by Gasteiger charge is 2.12. The highest BCUT2D eigenvalue weighted by atomic mass is 16.5. The Labute approximate surface area is 112 Å². The van der Waals surface area contributed by atoms with Gasteiger partial charge in [0.25, 0.3) is 5.91 Å². The molecule has 5 heteroatoms. The number of carbonyl (C=O) groups is 2. The van der Waals surface area contributed by atoms with Gasteiger partial charge in [-0.3, -0.25) is 9.59 Å². The summed E-state index contributed by atoms with van der Waals surface area (Å²) < 4.78 is 5.38. The lowest BCUT2D eigenvalue weighted by atomic mass is 10.1. The van der Waals surface area contributed by atoms with Crippen molar-refractivity contribution in [2.24, 2.45) is 0 Å². The quantitative estimate of drug-likeness (QED) is 0.847. The van der Waals surface area contributed by atoms with E-state index < -0.39 is 5.97 Å². The standard InChI is InChI=1S/C14H19NO4/c1-10(2)15(3)13(16)9-19-12-6-4-5-11(7-12)8-14(17)18/h4-7,10H,8-9H2,1-3H3,(H,17,18). The van der Waals surface area contributed by atoms with E-state index in [9.17, 15) is 9.59 Å². The van der Waals surface area contributed by atoms with Crippen molar-refractivity contribution in [1.29, 1.82) is 0 Å². The fourth-order valence-electron chi connectivity index (χ4n) is 1.45. The van der Waals surface area contributed by atoms with Gasteiger partial charge in [0.15, 0.2) is 6.61 Å². The molecule has 0 bridgehead atoms. The Hall–Kier alpha value is -2.04. The number of aliphatic carboxylic acids is 1. The van der Waals surface area contributed by atoms with Gasteiger partial charge < -0.3 is 14.7 Å². The number of carboxylic acids is 1. The Bertz CT molecular complexity index is 457. The number of rotatable bonds is 6. The van der Waals surface area contributed by atoms with Gasteiger partial charge in [-0.05, 0) is 31.5 Å². The van der Waals surface area contributed by atoms with Gasteiger partial charge in [0.2, 0.25) is 0 Å². The Balaban J connectivity index is 2.58. The van der Waals surface area contributed by atoms with Crippen LogP contribution in [0.3, 0.4) is 0 Å². The summed E-state index contributed by atoms with van der Waals surface area (Å²) in [6.07, 6.45) is -0.0585. The van der Waals surface area contributed by atoms with Crippen LogP contribution in [0.1, 0.15) is 19.4 Å². The molecular formula is C14H19NO4. The number of amides is 1. The number of ether oxygens (including phenoxy) is 1. The lowest BCUT2D eigenvalue weighted by molar-refractivity contribution is -0.136. The molecule has 0 unspecified atom stereocenters. The summed E-state index contributed by atoms with van der Waals surface area (Å²) in [7, 11) is 1.72. The van der Waals surface area contributed by atoms with Crippen LogP contribution in [-0.4, -0.2) is 41.6 Å². The zero-order chi connectivity index (χ0) is 14.4. The minimum Gasteiger partial charge on any atom is -0.484 e. The highest BCUT2D eigenvalue weighted by Crippen LogP contribution is 2.14. The van der Waals surface area contributed by atoms with Crippen LogP contribution in [0, 0.1) is 0 Å². The van der Waals surface area contributed by atoms with Gasteiger partial charge in [-0.15, -0.1) is 0 Å². The summed E-state index contributed by atoms with van der Waals surface area (Å²) in [4.78, 5) is 23.9. The molecular weight excluding hydrogens is 246 g/mol. The van der Waals surface area contributed by atoms with E-state index in [-0.39, 0.29) is 25.0 Å². The Morgan fingerprint density at radius 1 is 1.37 bits per heavy atom. The van der Waals surface area contributed by atoms with Gasteiger partial charge in [-0.25, -0.2) is 0 Å². The highest BCUT2D eigenvalue weighted by molar-refractivity contribution is 5.77. The van der Waals surface area contributed by atoms with Crippen LogP contribution in [0.4, 0.5) is 0 Å². The minimum absolute atomic E-state index is 0.0504. The first kappa shape index (κ1) is 15.0. The van der Waals surface area contributed by atoms with Crippen molar-refractivity contribution >= 4 is 11.9 Å². The maximum absolute atomic E-state index is 11.7. The van der Waals surface area contributed by atoms with Crippen molar-refractivity contribution in [2.75, 3.05) is 13.7 Å². The van der Waals surface area contributed by atoms with Crippen molar-refractivity contribution < 1.29 is 19.4 Å². The van der Waals surface area contributed by atoms with Crippen LogP contribution in [0.5, 0.6) is 5.75 Å². The Morgan fingerprint density at radius 3 is 2.63 bits per heavy atom. The number of hydrogen-bond donors (Lipinski definition) is 1. The summed E-state index contributed by atoms with van der Waals surface area (Å²) in [6, 6.07) is 6.88. The second-order valence-electron chi connectivity index (χ2n) is 4.60. The molecule has 0 saturated carbocycles. The normalized spacial score (nSPS) is 10.3. The molecule has 0 fully saturated rings. The SMILES string of the molecule is CC(C)N(C)C(=O)COc1cccc(CC(=O)O)c1. The zero-order valence-corrected chi connectivity index (χ0v) is 11.4. The van der Waals surface area contributed by atoms with Gasteiger partial charge in [0, 0.05) is 13.1 Å². The first-order chi connectivity index (χ1) is 8.90. The number of likely N-dealkylation sites (N-methyl/N-ethyl adjacent to an activating group) is 1. The zero-order valence-electron chi connectivity index (χ0n) is 11.4. The summed E-state index contributed by atoms with van der Waals surface area (Å²) in [5, 5.41) is 8.71. The predicted molar refractivity (Wildman–Crippen MR) is 71.2 cm³/mol. The molecule has 0 aliphatic rings. The molecule has 0 spiro atoms. The summed E-state index contributed by atoms with van der Waals surface area (Å²) in [5.74, 6) is -0.504. The largest absolute Gasteiger partial charge is 0.484 e. The van der Waals surface area contributed by atoms with Gasteiger partial charge in [-0.2, -0.15) is 0 Å². The van der Waals surface area contributed by atoms with Gasteiger partial charge >= 0.3 is 5.97 Å². The maximum atomic E-state index is 11.7. The molecule has 0 aliphatic carbocycles. The van der Waals surface area contributed by atoms with Gasteiger partial charge in [0.05, 0.1) is 6.42 Å². The van der Waals surface area contributed by atoms with Crippen molar-refractivity contribution in [2.45, 2.75) is 26.3 Å². The lowest BCUT2D eigenvalue weighted by Crippen LogP contribution is -2.36. The molecule has 1 aromatic rings. The molecule has 0 heterocycles. The smallest absolute Gasteiger partial charge is 0.307 e. The first-order valence-corrected chi connectivity index (χ1v) is 6.09. The van der Waals surface area contributed by atoms with E-state index in [1.807, 2.05) is 13.8 Å². The third-order valence-corrected chi connectivity index (χ3v) is 2.78. The van der Waals surface area contributed by atoms with E-state index in [1.54, 1.807) is 36.2 Å². The number of carboxylic acid groups (broad SMARTS) is 1. The summed E-state index contributed by atoms with van der Waals surface area (Å²) in [5.41, 5.74) is 0.648. The van der Waals surface area contributed by atoms with Crippen molar-refractivity contribution in [3.63, 3.8) is 0 Å². The molecule has 5 nitrogen and oxygen atoms in total. The van der Waals surface area contributed by atoms with E-state index in [4.69, 9.17) is 9.84 Å². The van der Waals surface area contributed by atoms with Crippen LogP contribution in [0.25, 0.3) is 0 Å². The van der Waals surface area contributed by atoms with Crippen LogP contribution in [-0.2, 0) is 16.0 Å². The van der Waals surface area contributed by atoms with Crippen LogP contribution >= 0.6 is 0 Å². The lowest BCUT2D eigenvalue weighted by Gasteiger charge is -2.21. The van der Waals surface area contributed by atoms with E-state index in [1.165, 1.54) is 0 Å². The molecule has 0 aromatic heterocycles. The van der Waals surface area contributed by atoms with Crippen LogP contribution < -0.4 is 4.74 Å². The number of benzene rings is 1. The Morgan fingerprint density at radius 2 is 2.05 bits per heavy atom. The van der Waals surface area contributed by atoms with E-state index in [0.29, 0.717) is 11.3 Å². The van der Waals surface area contributed by atoms with Crippen molar-refractivity contribution in [3.05, 3.63) is 29.8 Å². The molecule has 0 aliphatic heterocycles. The third-order valence-electron chi connectivity index (χ3n) is 2.78. The van der Waals surface area contributed by atoms with Crippen LogP contribution in [0.2, 0.25) is 0 Å². The van der Waals surface area contributed by atoms with Crippen molar-refractivity contribution in [1.82, 2.24) is 4.90 Å². The first-order valence-electron chi connectivity index (χ1n) is 6.09. The molecule has 0 radical (unpaired) electrons. The molecule has 0 saturated heterocycles. The van der Waals surface area contributed by atoms with Gasteiger partial charge in [0.1, 0.15) is 5.75 Å². The number of nitrogens with zero attached hydrogens (tertiary/aromatic N) is 1. The second-order valence-corrected chi connectivity index (χ2v) is 4.60. The van der Waals surface area contributed by atoms with Gasteiger partial charge in [-0.1, -0.05) is 12.1 Å². The van der Waals surface area contributed by atoms with E-state index in [0.717, 1.165) is 0 Å². The van der Waals surface area contributed by atoms with Crippen molar-refractivity contribution in [3.8, 4) is 5.75 Å². The second kappa shape index (κ2) is 6.78. The monoisotopic (exact) mass is 265 g/mol. The summed E-state index contributed by atoms with van der Waals surface area (Å²) >= 11 is 0. The third kappa shape index (κ3) is 4.99. The molecule has 1 rings (SSSR count). The molecule has 1 aromatic carbocycles. The van der Waals surface area contributed by atoms with E-state index >= 15 is 0 Å². The fraction of sp³-hybridized carbons (Fsp3) is 0.429. The number of hydrogen-bond acceptors (Lipinski definition) is 3. The topological polar surface area (TPSA) is 66.8 Å².